The fourth-order valence-corrected chi connectivity index (χ4v) is 3.70. The summed E-state index contributed by atoms with van der Waals surface area (Å²) in [7, 11) is -3.93. The lowest BCUT2D eigenvalue weighted by atomic mass is 10.1. The van der Waals surface area contributed by atoms with E-state index in [0.29, 0.717) is 17.3 Å². The number of sulfonamides is 1. The van der Waals surface area contributed by atoms with Crippen LogP contribution in [0.3, 0.4) is 0 Å². The molecule has 0 aliphatic carbocycles. The molecule has 0 fully saturated rings. The minimum atomic E-state index is -3.93. The summed E-state index contributed by atoms with van der Waals surface area (Å²) in [4.78, 5) is 16.2. The molecule has 2 aromatic carbocycles. The lowest BCUT2D eigenvalue weighted by Gasteiger charge is -2.09. The van der Waals surface area contributed by atoms with E-state index in [1.807, 2.05) is 30.3 Å². The van der Waals surface area contributed by atoms with Crippen LogP contribution in [-0.2, 0) is 21.2 Å². The summed E-state index contributed by atoms with van der Waals surface area (Å²) < 4.78 is 27.2. The molecule has 3 rings (SSSR count). The first-order valence-electron chi connectivity index (χ1n) is 7.49. The zero-order valence-corrected chi connectivity index (χ0v) is 13.7. The third-order valence-electron chi connectivity index (χ3n) is 3.63. The first kappa shape index (κ1) is 16.1. The summed E-state index contributed by atoms with van der Waals surface area (Å²) in [6, 6.07) is 17.6. The predicted molar refractivity (Wildman–Crippen MR) is 91.8 cm³/mol. The maximum atomic E-state index is 12.5. The molecule has 0 aliphatic heterocycles. The molecule has 24 heavy (non-hydrogen) atoms. The van der Waals surface area contributed by atoms with Crippen molar-refractivity contribution in [3.8, 4) is 0 Å². The van der Waals surface area contributed by atoms with E-state index in [0.717, 1.165) is 5.56 Å². The van der Waals surface area contributed by atoms with Gasteiger partial charge in [-0.25, -0.2) is 13.1 Å². The highest BCUT2D eigenvalue weighted by atomic mass is 32.2. The molecule has 1 heterocycles. The van der Waals surface area contributed by atoms with Gasteiger partial charge in [-0.05, 0) is 36.2 Å². The van der Waals surface area contributed by atoms with Crippen molar-refractivity contribution in [2.75, 3.05) is 0 Å². The first-order chi connectivity index (χ1) is 11.6. The van der Waals surface area contributed by atoms with E-state index in [9.17, 15) is 13.2 Å². The number of benzene rings is 2. The summed E-state index contributed by atoms with van der Waals surface area (Å²) in [5.74, 6) is -0.528. The van der Waals surface area contributed by atoms with E-state index < -0.39 is 15.9 Å². The van der Waals surface area contributed by atoms with E-state index >= 15 is 0 Å². The zero-order valence-electron chi connectivity index (χ0n) is 12.8. The summed E-state index contributed by atoms with van der Waals surface area (Å²) in [6.45, 7) is 0. The predicted octanol–water partition coefficient (Wildman–Crippen LogP) is 2.67. The molecule has 0 spiro atoms. The standard InChI is InChI=1S/C18H16N2O3S/c21-18(12-11-14-6-2-1-3-7-14)20-24(22,23)17-10-4-9-16-15(17)8-5-13-19-16/h1-10,13H,11-12H2,(H,20,21). The van der Waals surface area contributed by atoms with Crippen LogP contribution in [0.2, 0.25) is 0 Å². The second-order valence-corrected chi connectivity index (χ2v) is 6.99. The summed E-state index contributed by atoms with van der Waals surface area (Å²) in [5, 5.41) is 0.489. The second kappa shape index (κ2) is 6.80. The Labute approximate surface area is 140 Å². The van der Waals surface area contributed by atoms with Crippen molar-refractivity contribution in [1.29, 1.82) is 0 Å². The highest BCUT2D eigenvalue weighted by Crippen LogP contribution is 2.21. The van der Waals surface area contributed by atoms with Crippen molar-refractivity contribution in [3.63, 3.8) is 0 Å². The fourth-order valence-electron chi connectivity index (χ4n) is 2.47. The minimum Gasteiger partial charge on any atom is -0.274 e. The Morgan fingerprint density at radius 3 is 2.54 bits per heavy atom. The van der Waals surface area contributed by atoms with E-state index in [-0.39, 0.29) is 11.3 Å². The Hall–Kier alpha value is -2.73. The monoisotopic (exact) mass is 340 g/mol. The lowest BCUT2D eigenvalue weighted by molar-refractivity contribution is -0.119. The van der Waals surface area contributed by atoms with Crippen molar-refractivity contribution in [2.24, 2.45) is 0 Å². The third kappa shape index (κ3) is 3.60. The van der Waals surface area contributed by atoms with Crippen molar-refractivity contribution in [3.05, 3.63) is 72.4 Å². The number of fused-ring (bicyclic) bond motifs is 1. The number of rotatable bonds is 5. The number of nitrogens with one attached hydrogen (secondary N) is 1. The zero-order chi connectivity index (χ0) is 17.0. The molecule has 5 nitrogen and oxygen atoms in total. The number of carbonyl (C=O) groups is 1. The first-order valence-corrected chi connectivity index (χ1v) is 8.98. The van der Waals surface area contributed by atoms with Gasteiger partial charge in [-0.2, -0.15) is 0 Å². The molecule has 3 aromatic rings. The van der Waals surface area contributed by atoms with Gasteiger partial charge in [0.1, 0.15) is 0 Å². The van der Waals surface area contributed by atoms with Gasteiger partial charge in [0.05, 0.1) is 10.4 Å². The number of aromatic nitrogens is 1. The Morgan fingerprint density at radius 2 is 1.75 bits per heavy atom. The average Bonchev–Trinajstić information content (AvgIpc) is 2.60. The number of hydrogen-bond donors (Lipinski definition) is 1. The smallest absolute Gasteiger partial charge is 0.264 e. The number of carbonyl (C=O) groups excluding carboxylic acids is 1. The normalized spacial score (nSPS) is 11.3. The average molecular weight is 340 g/mol. The van der Waals surface area contributed by atoms with Crippen LogP contribution < -0.4 is 4.72 Å². The van der Waals surface area contributed by atoms with Crippen molar-refractivity contribution < 1.29 is 13.2 Å². The van der Waals surface area contributed by atoms with E-state index in [1.54, 1.807) is 30.5 Å². The van der Waals surface area contributed by atoms with Crippen LogP contribution >= 0.6 is 0 Å². The van der Waals surface area contributed by atoms with E-state index in [2.05, 4.69) is 9.71 Å². The van der Waals surface area contributed by atoms with Crippen LogP contribution in [0.1, 0.15) is 12.0 Å². The molecule has 122 valence electrons. The highest BCUT2D eigenvalue weighted by Gasteiger charge is 2.20. The Kier molecular flexibility index (Phi) is 4.57. The molecule has 1 N–H and O–H groups in total. The van der Waals surface area contributed by atoms with Gasteiger partial charge >= 0.3 is 0 Å². The maximum absolute atomic E-state index is 12.5. The molecule has 0 radical (unpaired) electrons. The molecule has 1 amide bonds. The second-order valence-electron chi connectivity index (χ2n) is 5.34. The van der Waals surface area contributed by atoms with Crippen molar-refractivity contribution in [1.82, 2.24) is 9.71 Å². The fraction of sp³-hybridized carbons (Fsp3) is 0.111. The van der Waals surface area contributed by atoms with Crippen LogP contribution in [0.15, 0.2) is 71.8 Å². The number of hydrogen-bond acceptors (Lipinski definition) is 4. The van der Waals surface area contributed by atoms with Crippen LogP contribution in [0.5, 0.6) is 0 Å². The minimum absolute atomic E-state index is 0.0566. The summed E-state index contributed by atoms with van der Waals surface area (Å²) in [6.07, 6.45) is 2.18. The molecule has 0 saturated carbocycles. The summed E-state index contributed by atoms with van der Waals surface area (Å²) >= 11 is 0. The van der Waals surface area contributed by atoms with Gasteiger partial charge in [0.2, 0.25) is 5.91 Å². The van der Waals surface area contributed by atoms with Crippen LogP contribution in [0.4, 0.5) is 0 Å². The molecule has 0 bridgehead atoms. The van der Waals surface area contributed by atoms with Crippen LogP contribution in [0, 0.1) is 0 Å². The van der Waals surface area contributed by atoms with Crippen LogP contribution in [0.25, 0.3) is 10.9 Å². The quantitative estimate of drug-likeness (QED) is 0.775. The van der Waals surface area contributed by atoms with Crippen molar-refractivity contribution in [2.45, 2.75) is 17.7 Å². The van der Waals surface area contributed by atoms with Gasteiger partial charge in [-0.15, -0.1) is 0 Å². The molecule has 0 unspecified atom stereocenters. The SMILES string of the molecule is O=C(CCc1ccccc1)NS(=O)(=O)c1cccc2ncccc12. The van der Waals surface area contributed by atoms with Crippen LogP contribution in [-0.4, -0.2) is 19.3 Å². The van der Waals surface area contributed by atoms with Crippen molar-refractivity contribution >= 4 is 26.8 Å². The molecule has 0 atom stereocenters. The van der Waals surface area contributed by atoms with Gasteiger partial charge in [-0.3, -0.25) is 9.78 Å². The molecular weight excluding hydrogens is 324 g/mol. The molecule has 0 saturated heterocycles. The largest absolute Gasteiger partial charge is 0.274 e. The van der Waals surface area contributed by atoms with Gasteiger partial charge in [0.15, 0.2) is 0 Å². The molecule has 0 aliphatic rings. The van der Waals surface area contributed by atoms with E-state index in [4.69, 9.17) is 0 Å². The topological polar surface area (TPSA) is 76.1 Å². The third-order valence-corrected chi connectivity index (χ3v) is 5.06. The van der Waals surface area contributed by atoms with Gasteiger partial charge in [-0.1, -0.05) is 36.4 Å². The highest BCUT2D eigenvalue weighted by molar-refractivity contribution is 7.90. The Balaban J connectivity index is 1.77. The van der Waals surface area contributed by atoms with Gasteiger partial charge in [0.25, 0.3) is 10.0 Å². The lowest BCUT2D eigenvalue weighted by Crippen LogP contribution is -2.30. The Morgan fingerprint density at radius 1 is 0.958 bits per heavy atom. The maximum Gasteiger partial charge on any atom is 0.264 e. The van der Waals surface area contributed by atoms with Gasteiger partial charge < -0.3 is 0 Å². The number of nitrogens with zero attached hydrogens (tertiary/aromatic N) is 1. The van der Waals surface area contributed by atoms with E-state index in [1.165, 1.54) is 6.07 Å². The number of aryl methyl sites for hydroxylation is 1. The molecule has 1 aromatic heterocycles. The van der Waals surface area contributed by atoms with Gasteiger partial charge in [0, 0.05) is 18.0 Å². The molecule has 6 heteroatoms. The number of pyridine rings is 1. The molecular formula is C18H16N2O3S. The Bertz CT molecular complexity index is 964. The number of amides is 1. The summed E-state index contributed by atoms with van der Waals surface area (Å²) in [5.41, 5.74) is 1.55.